The molecule has 0 saturated carbocycles. The summed E-state index contributed by atoms with van der Waals surface area (Å²) in [5.41, 5.74) is 1.12. The van der Waals surface area contributed by atoms with Gasteiger partial charge < -0.3 is 19.7 Å². The summed E-state index contributed by atoms with van der Waals surface area (Å²) in [6.07, 6.45) is 0.972. The topological polar surface area (TPSA) is 54.0 Å². The average molecular weight is 333 g/mol. The van der Waals surface area contributed by atoms with Crippen molar-refractivity contribution in [3.8, 4) is 11.5 Å². The molecule has 0 aromatic heterocycles. The fourth-order valence-corrected chi connectivity index (χ4v) is 3.50. The summed E-state index contributed by atoms with van der Waals surface area (Å²) in [4.78, 5) is 16.9. The van der Waals surface area contributed by atoms with E-state index in [1.807, 2.05) is 23.1 Å². The molecule has 2 fully saturated rings. The molecule has 3 rings (SSSR count). The first-order chi connectivity index (χ1) is 11.7. The van der Waals surface area contributed by atoms with Crippen LogP contribution in [-0.2, 0) is 11.3 Å². The highest BCUT2D eigenvalue weighted by Gasteiger charge is 2.29. The van der Waals surface area contributed by atoms with E-state index in [0.717, 1.165) is 69.3 Å². The number of benzene rings is 1. The van der Waals surface area contributed by atoms with Crippen molar-refractivity contribution in [1.82, 2.24) is 15.1 Å². The van der Waals surface area contributed by atoms with Crippen molar-refractivity contribution in [3.05, 3.63) is 23.8 Å². The molecular weight excluding hydrogens is 306 g/mol. The van der Waals surface area contributed by atoms with Crippen molar-refractivity contribution in [1.29, 1.82) is 0 Å². The first kappa shape index (κ1) is 17.0. The van der Waals surface area contributed by atoms with Crippen molar-refractivity contribution in [3.63, 3.8) is 0 Å². The normalized spacial score (nSPS) is 21.8. The molecular formula is C18H27N3O3. The maximum Gasteiger partial charge on any atom is 0.227 e. The highest BCUT2D eigenvalue weighted by molar-refractivity contribution is 5.79. The number of hydrogen-bond donors (Lipinski definition) is 1. The molecule has 0 bridgehead atoms. The van der Waals surface area contributed by atoms with Gasteiger partial charge in [0.1, 0.15) is 11.5 Å². The van der Waals surface area contributed by atoms with Gasteiger partial charge in [-0.1, -0.05) is 0 Å². The standard InChI is InChI=1S/C18H27N3O3/c1-23-16-3-4-17(24-2)15(11-16)13-20-7-9-21(10-8-20)18(22)14-5-6-19-12-14/h3-4,11,14,19H,5-10,12-13H2,1-2H3. The van der Waals surface area contributed by atoms with Gasteiger partial charge in [0.05, 0.1) is 20.1 Å². The van der Waals surface area contributed by atoms with Gasteiger partial charge in [-0.25, -0.2) is 0 Å². The van der Waals surface area contributed by atoms with Crippen LogP contribution in [-0.4, -0.2) is 69.2 Å². The SMILES string of the molecule is COc1ccc(OC)c(CN2CCN(C(=O)C3CCNC3)CC2)c1. The highest BCUT2D eigenvalue weighted by Crippen LogP contribution is 2.25. The summed E-state index contributed by atoms with van der Waals surface area (Å²) in [5, 5.41) is 3.27. The van der Waals surface area contributed by atoms with Crippen LogP contribution in [0, 0.1) is 5.92 Å². The third kappa shape index (κ3) is 3.82. The minimum absolute atomic E-state index is 0.176. The van der Waals surface area contributed by atoms with E-state index >= 15 is 0 Å². The van der Waals surface area contributed by atoms with Crippen LogP contribution >= 0.6 is 0 Å². The Kier molecular flexibility index (Phi) is 5.58. The van der Waals surface area contributed by atoms with Gasteiger partial charge in [0.2, 0.25) is 5.91 Å². The van der Waals surface area contributed by atoms with E-state index in [1.165, 1.54) is 0 Å². The minimum atomic E-state index is 0.176. The average Bonchev–Trinajstić information content (AvgIpc) is 3.16. The summed E-state index contributed by atoms with van der Waals surface area (Å²) in [5.74, 6) is 2.22. The molecule has 0 spiro atoms. The number of carbonyl (C=O) groups excluding carboxylic acids is 1. The molecule has 0 radical (unpaired) electrons. The van der Waals surface area contributed by atoms with Crippen molar-refractivity contribution < 1.29 is 14.3 Å². The number of rotatable bonds is 5. The van der Waals surface area contributed by atoms with Gasteiger partial charge in [-0.3, -0.25) is 9.69 Å². The molecule has 1 aromatic rings. The predicted octanol–water partition coefficient (Wildman–Crippen LogP) is 0.958. The van der Waals surface area contributed by atoms with Gasteiger partial charge in [-0.15, -0.1) is 0 Å². The summed E-state index contributed by atoms with van der Waals surface area (Å²) < 4.78 is 10.8. The maximum atomic E-state index is 12.5. The molecule has 1 N–H and O–H groups in total. The van der Waals surface area contributed by atoms with Crippen molar-refractivity contribution in [2.24, 2.45) is 5.92 Å². The zero-order valence-corrected chi connectivity index (χ0v) is 14.6. The molecule has 2 aliphatic rings. The number of nitrogens with one attached hydrogen (secondary N) is 1. The van der Waals surface area contributed by atoms with Crippen LogP contribution in [0.2, 0.25) is 0 Å². The van der Waals surface area contributed by atoms with Gasteiger partial charge in [-0.2, -0.15) is 0 Å². The van der Waals surface area contributed by atoms with E-state index in [0.29, 0.717) is 5.91 Å². The van der Waals surface area contributed by atoms with Gasteiger partial charge >= 0.3 is 0 Å². The Morgan fingerprint density at radius 1 is 1.21 bits per heavy atom. The molecule has 1 amide bonds. The number of nitrogens with zero attached hydrogens (tertiary/aromatic N) is 2. The Morgan fingerprint density at radius 3 is 2.62 bits per heavy atom. The summed E-state index contributed by atoms with van der Waals surface area (Å²) in [6.45, 7) is 6.02. The second kappa shape index (κ2) is 7.85. The van der Waals surface area contributed by atoms with Gasteiger partial charge in [-0.05, 0) is 31.2 Å². The van der Waals surface area contributed by atoms with Crippen molar-refractivity contribution in [2.45, 2.75) is 13.0 Å². The smallest absolute Gasteiger partial charge is 0.227 e. The van der Waals surface area contributed by atoms with E-state index in [4.69, 9.17) is 9.47 Å². The lowest BCUT2D eigenvalue weighted by atomic mass is 10.1. The van der Waals surface area contributed by atoms with Crippen LogP contribution in [0.25, 0.3) is 0 Å². The Morgan fingerprint density at radius 2 is 2.00 bits per heavy atom. The molecule has 2 heterocycles. The Bertz CT molecular complexity index is 565. The zero-order valence-electron chi connectivity index (χ0n) is 14.6. The van der Waals surface area contributed by atoms with Crippen LogP contribution in [0.4, 0.5) is 0 Å². The largest absolute Gasteiger partial charge is 0.497 e. The lowest BCUT2D eigenvalue weighted by Crippen LogP contribution is -2.50. The summed E-state index contributed by atoms with van der Waals surface area (Å²) in [6, 6.07) is 5.89. The summed E-state index contributed by atoms with van der Waals surface area (Å²) >= 11 is 0. The molecule has 1 atom stereocenters. The van der Waals surface area contributed by atoms with Gasteiger partial charge in [0.15, 0.2) is 0 Å². The Labute approximate surface area is 143 Å². The molecule has 1 unspecified atom stereocenters. The quantitative estimate of drug-likeness (QED) is 0.870. The van der Waals surface area contributed by atoms with Crippen molar-refractivity contribution >= 4 is 5.91 Å². The molecule has 1 aromatic carbocycles. The first-order valence-electron chi connectivity index (χ1n) is 8.64. The number of piperazine rings is 1. The number of ether oxygens (including phenoxy) is 2. The number of methoxy groups -OCH3 is 2. The van der Waals surface area contributed by atoms with Crippen LogP contribution in [0.15, 0.2) is 18.2 Å². The Hall–Kier alpha value is -1.79. The molecule has 6 heteroatoms. The van der Waals surface area contributed by atoms with Gasteiger partial charge in [0, 0.05) is 44.8 Å². The lowest BCUT2D eigenvalue weighted by Gasteiger charge is -2.36. The third-order valence-electron chi connectivity index (χ3n) is 4.98. The summed E-state index contributed by atoms with van der Waals surface area (Å²) in [7, 11) is 3.37. The number of hydrogen-bond acceptors (Lipinski definition) is 5. The van der Waals surface area contributed by atoms with Crippen LogP contribution in [0.5, 0.6) is 11.5 Å². The number of amides is 1. The van der Waals surface area contributed by atoms with E-state index in [1.54, 1.807) is 14.2 Å². The van der Waals surface area contributed by atoms with Gasteiger partial charge in [0.25, 0.3) is 0 Å². The highest BCUT2D eigenvalue weighted by atomic mass is 16.5. The lowest BCUT2D eigenvalue weighted by molar-refractivity contribution is -0.136. The third-order valence-corrected chi connectivity index (χ3v) is 4.98. The second-order valence-corrected chi connectivity index (χ2v) is 6.47. The zero-order chi connectivity index (χ0) is 16.9. The van der Waals surface area contributed by atoms with E-state index in [9.17, 15) is 4.79 Å². The Balaban J connectivity index is 1.56. The van der Waals surface area contributed by atoms with E-state index in [2.05, 4.69) is 10.2 Å². The van der Waals surface area contributed by atoms with E-state index < -0.39 is 0 Å². The fraction of sp³-hybridized carbons (Fsp3) is 0.611. The number of carbonyl (C=O) groups is 1. The monoisotopic (exact) mass is 333 g/mol. The fourth-order valence-electron chi connectivity index (χ4n) is 3.50. The second-order valence-electron chi connectivity index (χ2n) is 6.47. The first-order valence-corrected chi connectivity index (χ1v) is 8.64. The van der Waals surface area contributed by atoms with Crippen LogP contribution in [0.3, 0.4) is 0 Å². The van der Waals surface area contributed by atoms with Crippen LogP contribution < -0.4 is 14.8 Å². The predicted molar refractivity (Wildman–Crippen MR) is 92.4 cm³/mol. The molecule has 2 saturated heterocycles. The molecule has 0 aliphatic carbocycles. The molecule has 6 nitrogen and oxygen atoms in total. The van der Waals surface area contributed by atoms with E-state index in [-0.39, 0.29) is 5.92 Å². The van der Waals surface area contributed by atoms with Crippen LogP contribution in [0.1, 0.15) is 12.0 Å². The molecule has 24 heavy (non-hydrogen) atoms. The molecule has 132 valence electrons. The maximum absolute atomic E-state index is 12.5. The van der Waals surface area contributed by atoms with Crippen molar-refractivity contribution in [2.75, 3.05) is 53.5 Å². The minimum Gasteiger partial charge on any atom is -0.497 e. The molecule has 2 aliphatic heterocycles.